The third-order valence-electron chi connectivity index (χ3n) is 3.73. The van der Waals surface area contributed by atoms with E-state index in [9.17, 15) is 9.18 Å². The molecule has 2 N–H and O–H groups in total. The van der Waals surface area contributed by atoms with E-state index in [1.165, 1.54) is 33.5 Å². The Hall–Kier alpha value is -2.80. The lowest BCUT2D eigenvalue weighted by atomic mass is 10.1. The highest BCUT2D eigenvalue weighted by atomic mass is 19.1. The average molecular weight is 362 g/mol. The average Bonchev–Trinajstić information content (AvgIpc) is 2.66. The van der Waals surface area contributed by atoms with E-state index in [0.29, 0.717) is 42.4 Å². The summed E-state index contributed by atoms with van der Waals surface area (Å²) in [4.78, 5) is 12.3. The van der Waals surface area contributed by atoms with Gasteiger partial charge in [0, 0.05) is 25.2 Å². The van der Waals surface area contributed by atoms with Crippen LogP contribution in [0.4, 0.5) is 4.39 Å². The van der Waals surface area contributed by atoms with Crippen molar-refractivity contribution in [3.05, 3.63) is 53.3 Å². The lowest BCUT2D eigenvalue weighted by molar-refractivity contribution is 0.0953. The molecular weight excluding hydrogens is 339 g/mol. The van der Waals surface area contributed by atoms with Crippen LogP contribution in [0.2, 0.25) is 0 Å². The molecule has 0 saturated carbocycles. The van der Waals surface area contributed by atoms with Gasteiger partial charge in [0.15, 0.2) is 11.5 Å². The Morgan fingerprint density at radius 2 is 1.69 bits per heavy atom. The molecule has 2 aromatic rings. The fraction of sp³-hybridized carbons (Fsp3) is 0.316. The van der Waals surface area contributed by atoms with E-state index >= 15 is 0 Å². The molecule has 7 heteroatoms. The van der Waals surface area contributed by atoms with Gasteiger partial charge < -0.3 is 24.8 Å². The van der Waals surface area contributed by atoms with Gasteiger partial charge in [-0.2, -0.15) is 0 Å². The van der Waals surface area contributed by atoms with Gasteiger partial charge in [0.25, 0.3) is 5.91 Å². The molecule has 2 aromatic carbocycles. The predicted octanol–water partition coefficient (Wildman–Crippen LogP) is 2.37. The van der Waals surface area contributed by atoms with Crippen molar-refractivity contribution in [2.75, 3.05) is 34.4 Å². The molecule has 0 bridgehead atoms. The zero-order valence-electron chi connectivity index (χ0n) is 15.1. The van der Waals surface area contributed by atoms with Gasteiger partial charge in [-0.05, 0) is 29.8 Å². The summed E-state index contributed by atoms with van der Waals surface area (Å²) >= 11 is 0. The Bertz CT molecular complexity index is 727. The predicted molar refractivity (Wildman–Crippen MR) is 96.5 cm³/mol. The van der Waals surface area contributed by atoms with Crippen LogP contribution in [-0.4, -0.2) is 40.3 Å². The molecule has 2 rings (SSSR count). The van der Waals surface area contributed by atoms with Crippen LogP contribution in [0.3, 0.4) is 0 Å². The first-order valence-electron chi connectivity index (χ1n) is 8.12. The molecule has 140 valence electrons. The van der Waals surface area contributed by atoms with Crippen LogP contribution in [-0.2, 0) is 6.54 Å². The normalized spacial score (nSPS) is 10.3. The Labute approximate surface area is 152 Å². The minimum absolute atomic E-state index is 0.253. The van der Waals surface area contributed by atoms with Gasteiger partial charge in [-0.1, -0.05) is 12.1 Å². The van der Waals surface area contributed by atoms with Crippen LogP contribution in [0.15, 0.2) is 36.4 Å². The smallest absolute Gasteiger partial charge is 0.251 e. The minimum atomic E-state index is -0.264. The lowest BCUT2D eigenvalue weighted by Gasteiger charge is -2.14. The van der Waals surface area contributed by atoms with Crippen molar-refractivity contribution in [3.63, 3.8) is 0 Å². The van der Waals surface area contributed by atoms with E-state index in [0.717, 1.165) is 5.56 Å². The molecular formula is C19H23FN2O4. The van der Waals surface area contributed by atoms with Crippen molar-refractivity contribution in [2.45, 2.75) is 6.54 Å². The number of amides is 1. The van der Waals surface area contributed by atoms with Gasteiger partial charge in [-0.3, -0.25) is 4.79 Å². The third kappa shape index (κ3) is 5.10. The summed E-state index contributed by atoms with van der Waals surface area (Å²) in [7, 11) is 4.50. The van der Waals surface area contributed by atoms with Crippen molar-refractivity contribution in [1.82, 2.24) is 10.6 Å². The highest BCUT2D eigenvalue weighted by Gasteiger charge is 2.16. The summed E-state index contributed by atoms with van der Waals surface area (Å²) < 4.78 is 28.8. The van der Waals surface area contributed by atoms with Gasteiger partial charge in [0.2, 0.25) is 5.75 Å². The molecule has 1 amide bonds. The monoisotopic (exact) mass is 362 g/mol. The molecule has 0 aliphatic carbocycles. The largest absolute Gasteiger partial charge is 0.493 e. The first-order chi connectivity index (χ1) is 12.6. The van der Waals surface area contributed by atoms with Crippen LogP contribution in [0, 0.1) is 5.82 Å². The molecule has 0 radical (unpaired) electrons. The summed E-state index contributed by atoms with van der Waals surface area (Å²) in [5.74, 6) is 0.752. The Kier molecular flexibility index (Phi) is 7.23. The van der Waals surface area contributed by atoms with Crippen LogP contribution >= 0.6 is 0 Å². The van der Waals surface area contributed by atoms with E-state index in [4.69, 9.17) is 14.2 Å². The van der Waals surface area contributed by atoms with Crippen molar-refractivity contribution in [2.24, 2.45) is 0 Å². The standard InChI is InChI=1S/C19H23FN2O4/c1-24-16-10-14(11-17(25-2)18(16)26-3)19(23)22-8-7-21-12-13-5-4-6-15(20)9-13/h4-6,9-11,21H,7-8,12H2,1-3H3,(H,22,23). The van der Waals surface area contributed by atoms with Gasteiger partial charge in [-0.25, -0.2) is 4.39 Å². The fourth-order valence-corrected chi connectivity index (χ4v) is 2.46. The molecule has 0 aliphatic rings. The molecule has 0 atom stereocenters. The van der Waals surface area contributed by atoms with Gasteiger partial charge >= 0.3 is 0 Å². The highest BCUT2D eigenvalue weighted by molar-refractivity contribution is 5.95. The van der Waals surface area contributed by atoms with E-state index in [1.54, 1.807) is 18.2 Å². The second-order valence-electron chi connectivity index (χ2n) is 5.48. The second kappa shape index (κ2) is 9.62. The molecule has 0 heterocycles. The maximum atomic E-state index is 13.1. The van der Waals surface area contributed by atoms with Gasteiger partial charge in [0.1, 0.15) is 5.82 Å². The summed E-state index contributed by atoms with van der Waals surface area (Å²) in [6.45, 7) is 1.50. The summed E-state index contributed by atoms with van der Waals surface area (Å²) in [5.41, 5.74) is 1.26. The Balaban J connectivity index is 1.87. The van der Waals surface area contributed by atoms with Crippen molar-refractivity contribution in [1.29, 1.82) is 0 Å². The minimum Gasteiger partial charge on any atom is -0.493 e. The quantitative estimate of drug-likeness (QED) is 0.671. The maximum Gasteiger partial charge on any atom is 0.251 e. The topological polar surface area (TPSA) is 68.8 Å². The first kappa shape index (κ1) is 19.5. The number of halogens is 1. The van der Waals surface area contributed by atoms with Crippen LogP contribution < -0.4 is 24.8 Å². The summed E-state index contributed by atoms with van der Waals surface area (Å²) in [5, 5.41) is 5.96. The van der Waals surface area contributed by atoms with Crippen molar-refractivity contribution in [3.8, 4) is 17.2 Å². The van der Waals surface area contributed by atoms with Gasteiger partial charge in [-0.15, -0.1) is 0 Å². The number of nitrogens with one attached hydrogen (secondary N) is 2. The van der Waals surface area contributed by atoms with Gasteiger partial charge in [0.05, 0.1) is 21.3 Å². The maximum absolute atomic E-state index is 13.1. The van der Waals surface area contributed by atoms with Crippen molar-refractivity contribution >= 4 is 5.91 Å². The molecule has 0 spiro atoms. The van der Waals surface area contributed by atoms with E-state index < -0.39 is 0 Å². The Morgan fingerprint density at radius 3 is 2.27 bits per heavy atom. The molecule has 0 aliphatic heterocycles. The molecule has 26 heavy (non-hydrogen) atoms. The zero-order valence-corrected chi connectivity index (χ0v) is 15.1. The number of methoxy groups -OCH3 is 3. The van der Waals surface area contributed by atoms with E-state index in [1.807, 2.05) is 6.07 Å². The van der Waals surface area contributed by atoms with Crippen LogP contribution in [0.1, 0.15) is 15.9 Å². The fourth-order valence-electron chi connectivity index (χ4n) is 2.46. The van der Waals surface area contributed by atoms with Crippen molar-refractivity contribution < 1.29 is 23.4 Å². The van der Waals surface area contributed by atoms with E-state index in [2.05, 4.69) is 10.6 Å². The number of hydrogen-bond acceptors (Lipinski definition) is 5. The number of benzene rings is 2. The lowest BCUT2D eigenvalue weighted by Crippen LogP contribution is -2.31. The molecule has 0 fully saturated rings. The number of carbonyl (C=O) groups excluding carboxylic acids is 1. The molecule has 6 nitrogen and oxygen atoms in total. The summed E-state index contributed by atoms with van der Waals surface area (Å²) in [6.07, 6.45) is 0. The number of hydrogen-bond donors (Lipinski definition) is 2. The number of rotatable bonds is 9. The molecule has 0 unspecified atom stereocenters. The highest BCUT2D eigenvalue weighted by Crippen LogP contribution is 2.38. The zero-order chi connectivity index (χ0) is 18.9. The third-order valence-corrected chi connectivity index (χ3v) is 3.73. The number of carbonyl (C=O) groups is 1. The summed E-state index contributed by atoms with van der Waals surface area (Å²) in [6, 6.07) is 9.57. The van der Waals surface area contributed by atoms with Crippen LogP contribution in [0.5, 0.6) is 17.2 Å². The van der Waals surface area contributed by atoms with Crippen LogP contribution in [0.25, 0.3) is 0 Å². The second-order valence-corrected chi connectivity index (χ2v) is 5.48. The number of ether oxygens (including phenoxy) is 3. The molecule has 0 aromatic heterocycles. The van der Waals surface area contributed by atoms with E-state index in [-0.39, 0.29) is 11.7 Å². The first-order valence-corrected chi connectivity index (χ1v) is 8.12. The Morgan fingerprint density at radius 1 is 1.00 bits per heavy atom. The molecule has 0 saturated heterocycles. The SMILES string of the molecule is COc1cc(C(=O)NCCNCc2cccc(F)c2)cc(OC)c1OC.